The highest BCUT2D eigenvalue weighted by atomic mass is 35.5. The van der Waals surface area contributed by atoms with Crippen molar-refractivity contribution in [2.24, 2.45) is 5.92 Å². The van der Waals surface area contributed by atoms with Crippen LogP contribution in [0, 0.1) is 19.8 Å². The molecular formula is C20H21Cl2NO3. The molecule has 0 radical (unpaired) electrons. The van der Waals surface area contributed by atoms with Gasteiger partial charge >= 0.3 is 5.97 Å². The quantitative estimate of drug-likeness (QED) is 0.771. The SMILES string of the molecule is Cc1cc(CN2CC(C(=O)O)C2)cc(C)c1OCc1cc(Cl)cc(Cl)c1. The lowest BCUT2D eigenvalue weighted by molar-refractivity contribution is -0.147. The molecule has 1 N–H and O–H groups in total. The van der Waals surface area contributed by atoms with Crippen molar-refractivity contribution < 1.29 is 14.6 Å². The Bertz CT molecular complexity index is 789. The first-order chi connectivity index (χ1) is 12.3. The molecule has 138 valence electrons. The summed E-state index contributed by atoms with van der Waals surface area (Å²) in [6, 6.07) is 9.58. The van der Waals surface area contributed by atoms with E-state index in [1.165, 1.54) is 5.56 Å². The Hall–Kier alpha value is -1.75. The van der Waals surface area contributed by atoms with Crippen molar-refractivity contribution in [2.75, 3.05) is 13.1 Å². The highest BCUT2D eigenvalue weighted by Gasteiger charge is 2.32. The van der Waals surface area contributed by atoms with Crippen molar-refractivity contribution in [2.45, 2.75) is 27.0 Å². The van der Waals surface area contributed by atoms with Gasteiger partial charge < -0.3 is 9.84 Å². The molecule has 0 bridgehead atoms. The molecule has 0 saturated carbocycles. The number of carbonyl (C=O) groups is 1. The van der Waals surface area contributed by atoms with Crippen LogP contribution in [0.3, 0.4) is 0 Å². The van der Waals surface area contributed by atoms with Gasteiger partial charge in [-0.05, 0) is 54.3 Å². The van der Waals surface area contributed by atoms with Crippen molar-refractivity contribution >= 4 is 29.2 Å². The molecule has 2 aromatic carbocycles. The molecule has 0 spiro atoms. The van der Waals surface area contributed by atoms with Gasteiger partial charge in [0.05, 0.1) is 5.92 Å². The number of carboxylic acid groups (broad SMARTS) is 1. The number of hydrogen-bond acceptors (Lipinski definition) is 3. The molecule has 1 saturated heterocycles. The first-order valence-corrected chi connectivity index (χ1v) is 9.20. The first kappa shape index (κ1) is 19.0. The monoisotopic (exact) mass is 393 g/mol. The minimum absolute atomic E-state index is 0.232. The van der Waals surface area contributed by atoms with Gasteiger partial charge in [-0.1, -0.05) is 35.3 Å². The van der Waals surface area contributed by atoms with Gasteiger partial charge in [-0.2, -0.15) is 0 Å². The van der Waals surface area contributed by atoms with E-state index in [0.29, 0.717) is 29.7 Å². The van der Waals surface area contributed by atoms with E-state index in [4.69, 9.17) is 33.0 Å². The lowest BCUT2D eigenvalue weighted by Gasteiger charge is -2.36. The Balaban J connectivity index is 1.65. The standard InChI is InChI=1S/C20H21Cl2NO3/c1-12-3-14(8-23-9-16(10-23)20(24)25)4-13(2)19(12)26-11-15-5-17(21)7-18(22)6-15/h3-7,16H,8-11H2,1-2H3,(H,24,25). The third-order valence-corrected chi connectivity index (χ3v) is 4.97. The lowest BCUT2D eigenvalue weighted by atomic mass is 9.98. The molecule has 0 aromatic heterocycles. The lowest BCUT2D eigenvalue weighted by Crippen LogP contribution is -2.49. The van der Waals surface area contributed by atoms with Crippen molar-refractivity contribution in [3.8, 4) is 5.75 Å². The third-order valence-electron chi connectivity index (χ3n) is 4.54. The van der Waals surface area contributed by atoms with Crippen LogP contribution in [0.5, 0.6) is 5.75 Å². The molecule has 0 unspecified atom stereocenters. The van der Waals surface area contributed by atoms with Crippen LogP contribution in [0.15, 0.2) is 30.3 Å². The van der Waals surface area contributed by atoms with E-state index in [2.05, 4.69) is 17.0 Å². The maximum Gasteiger partial charge on any atom is 0.309 e. The summed E-state index contributed by atoms with van der Waals surface area (Å²) in [5.74, 6) is -0.0836. The zero-order valence-electron chi connectivity index (χ0n) is 14.8. The molecule has 1 heterocycles. The maximum atomic E-state index is 10.9. The van der Waals surface area contributed by atoms with Gasteiger partial charge in [-0.25, -0.2) is 0 Å². The molecule has 1 fully saturated rings. The van der Waals surface area contributed by atoms with E-state index < -0.39 is 5.97 Å². The molecule has 4 nitrogen and oxygen atoms in total. The predicted octanol–water partition coefficient (Wildman–Crippen LogP) is 4.71. The molecule has 0 amide bonds. The van der Waals surface area contributed by atoms with Crippen molar-refractivity contribution in [3.05, 3.63) is 62.6 Å². The molecule has 3 rings (SSSR count). The molecule has 26 heavy (non-hydrogen) atoms. The summed E-state index contributed by atoms with van der Waals surface area (Å²) in [7, 11) is 0. The summed E-state index contributed by atoms with van der Waals surface area (Å²) in [4.78, 5) is 13.0. The zero-order valence-corrected chi connectivity index (χ0v) is 16.3. The molecule has 2 aromatic rings. The minimum Gasteiger partial charge on any atom is -0.488 e. The number of rotatable bonds is 6. The fourth-order valence-electron chi connectivity index (χ4n) is 3.32. The van der Waals surface area contributed by atoms with E-state index in [0.717, 1.165) is 29.0 Å². The summed E-state index contributed by atoms with van der Waals surface area (Å²) in [6.07, 6.45) is 0. The zero-order chi connectivity index (χ0) is 18.8. The first-order valence-electron chi connectivity index (χ1n) is 8.45. The number of carboxylic acids is 1. The summed E-state index contributed by atoms with van der Waals surface area (Å²) < 4.78 is 6.00. The third kappa shape index (κ3) is 4.50. The second-order valence-corrected chi connectivity index (χ2v) is 7.73. The van der Waals surface area contributed by atoms with E-state index in [1.807, 2.05) is 26.0 Å². The average Bonchev–Trinajstić information content (AvgIpc) is 2.48. The molecule has 1 aliphatic rings. The van der Waals surface area contributed by atoms with E-state index in [1.54, 1.807) is 6.07 Å². The van der Waals surface area contributed by atoms with Gasteiger partial charge in [0.1, 0.15) is 12.4 Å². The average molecular weight is 394 g/mol. The van der Waals surface area contributed by atoms with Crippen LogP contribution in [-0.4, -0.2) is 29.1 Å². The predicted molar refractivity (Wildman–Crippen MR) is 103 cm³/mol. The highest BCUT2D eigenvalue weighted by molar-refractivity contribution is 6.34. The van der Waals surface area contributed by atoms with Crippen LogP contribution in [0.1, 0.15) is 22.3 Å². The molecule has 0 atom stereocenters. The Kier molecular flexibility index (Phi) is 5.76. The maximum absolute atomic E-state index is 10.9. The Morgan fingerprint density at radius 1 is 1.08 bits per heavy atom. The summed E-state index contributed by atoms with van der Waals surface area (Å²) in [5, 5.41) is 10.2. The van der Waals surface area contributed by atoms with E-state index in [9.17, 15) is 4.79 Å². The normalized spacial score (nSPS) is 14.9. The van der Waals surface area contributed by atoms with Crippen LogP contribution in [0.4, 0.5) is 0 Å². The number of halogens is 2. The number of aliphatic carboxylic acids is 1. The van der Waals surface area contributed by atoms with Gasteiger partial charge in [0.2, 0.25) is 0 Å². The van der Waals surface area contributed by atoms with Crippen LogP contribution < -0.4 is 4.74 Å². The molecule has 0 aliphatic carbocycles. The van der Waals surface area contributed by atoms with Crippen molar-refractivity contribution in [1.29, 1.82) is 0 Å². The number of ether oxygens (including phenoxy) is 1. The largest absolute Gasteiger partial charge is 0.488 e. The second-order valence-electron chi connectivity index (χ2n) is 6.85. The van der Waals surface area contributed by atoms with Gasteiger partial charge in [0, 0.05) is 29.7 Å². The van der Waals surface area contributed by atoms with E-state index >= 15 is 0 Å². The Morgan fingerprint density at radius 3 is 2.19 bits per heavy atom. The van der Waals surface area contributed by atoms with Gasteiger partial charge in [0.25, 0.3) is 0 Å². The van der Waals surface area contributed by atoms with Gasteiger partial charge in [-0.15, -0.1) is 0 Å². The number of aryl methyl sites for hydroxylation is 2. The van der Waals surface area contributed by atoms with Crippen LogP contribution in [-0.2, 0) is 17.9 Å². The molecule has 6 heteroatoms. The second kappa shape index (κ2) is 7.87. The molecular weight excluding hydrogens is 373 g/mol. The number of likely N-dealkylation sites (tertiary alicyclic amines) is 1. The summed E-state index contributed by atoms with van der Waals surface area (Å²) in [6.45, 7) is 6.42. The Labute approximate surface area is 163 Å². The fraction of sp³-hybridized carbons (Fsp3) is 0.350. The van der Waals surface area contributed by atoms with Crippen molar-refractivity contribution in [1.82, 2.24) is 4.90 Å². The number of nitrogens with zero attached hydrogens (tertiary/aromatic N) is 1. The Morgan fingerprint density at radius 2 is 1.65 bits per heavy atom. The molecule has 1 aliphatic heterocycles. The van der Waals surface area contributed by atoms with Crippen LogP contribution in [0.25, 0.3) is 0 Å². The highest BCUT2D eigenvalue weighted by Crippen LogP contribution is 2.28. The van der Waals surface area contributed by atoms with Crippen LogP contribution in [0.2, 0.25) is 10.0 Å². The topological polar surface area (TPSA) is 49.8 Å². The van der Waals surface area contributed by atoms with E-state index in [-0.39, 0.29) is 5.92 Å². The smallest absolute Gasteiger partial charge is 0.309 e. The van der Waals surface area contributed by atoms with Crippen molar-refractivity contribution in [3.63, 3.8) is 0 Å². The van der Waals surface area contributed by atoms with Crippen LogP contribution >= 0.6 is 23.2 Å². The summed E-state index contributed by atoms with van der Waals surface area (Å²) in [5.41, 5.74) is 4.21. The fourth-order valence-corrected chi connectivity index (χ4v) is 3.89. The number of hydrogen-bond donors (Lipinski definition) is 1. The number of benzene rings is 2. The van der Waals surface area contributed by atoms with Gasteiger partial charge in [-0.3, -0.25) is 9.69 Å². The van der Waals surface area contributed by atoms with Gasteiger partial charge in [0.15, 0.2) is 0 Å². The summed E-state index contributed by atoms with van der Waals surface area (Å²) >= 11 is 12.1. The minimum atomic E-state index is -0.710.